The average molecular weight is 221 g/mol. The summed E-state index contributed by atoms with van der Waals surface area (Å²) in [6.07, 6.45) is 3.67. The summed E-state index contributed by atoms with van der Waals surface area (Å²) in [5.41, 5.74) is 0.0598. The fourth-order valence-corrected chi connectivity index (χ4v) is 2.08. The van der Waals surface area contributed by atoms with Crippen molar-refractivity contribution in [1.82, 2.24) is 9.97 Å². The smallest absolute Gasteiger partial charge is 0.354 e. The molecule has 0 radical (unpaired) electrons. The Kier molecular flexibility index (Phi) is 2.53. The Morgan fingerprint density at radius 2 is 2.31 bits per heavy atom. The number of carbonyl (C=O) groups is 1. The van der Waals surface area contributed by atoms with Gasteiger partial charge in [-0.15, -0.1) is 0 Å². The Bertz CT molecular complexity index is 417. The molecule has 2 heterocycles. The zero-order valence-corrected chi connectivity index (χ0v) is 9.47. The van der Waals surface area contributed by atoms with E-state index in [0.29, 0.717) is 5.95 Å². The molecule has 0 amide bonds. The zero-order valence-electron chi connectivity index (χ0n) is 9.47. The first kappa shape index (κ1) is 10.9. The highest BCUT2D eigenvalue weighted by atomic mass is 16.4. The fourth-order valence-electron chi connectivity index (χ4n) is 2.08. The number of nitrogens with zero attached hydrogens (tertiary/aromatic N) is 3. The Labute approximate surface area is 94.1 Å². The minimum Gasteiger partial charge on any atom is -0.477 e. The van der Waals surface area contributed by atoms with Gasteiger partial charge in [0.1, 0.15) is 0 Å². The highest BCUT2D eigenvalue weighted by molar-refractivity contribution is 5.85. The normalized spacial score (nSPS) is 18.8. The molecule has 0 bridgehead atoms. The van der Waals surface area contributed by atoms with Crippen LogP contribution in [0.1, 0.15) is 37.2 Å². The molecule has 0 spiro atoms. The SMILES string of the molecule is CC1(C)CCCN1c1nccc(C(=O)O)n1. The van der Waals surface area contributed by atoms with E-state index in [-0.39, 0.29) is 11.2 Å². The molecular formula is C11H15N3O2. The van der Waals surface area contributed by atoms with Gasteiger partial charge < -0.3 is 10.0 Å². The van der Waals surface area contributed by atoms with Crippen molar-refractivity contribution in [3.05, 3.63) is 18.0 Å². The number of hydrogen-bond acceptors (Lipinski definition) is 4. The standard InChI is InChI=1S/C11H15N3O2/c1-11(2)5-3-7-14(11)10-12-6-4-8(13-10)9(15)16/h4,6H,3,5,7H2,1-2H3,(H,15,16). The molecule has 16 heavy (non-hydrogen) atoms. The number of aromatic carboxylic acids is 1. The molecule has 1 aliphatic rings. The summed E-state index contributed by atoms with van der Waals surface area (Å²) in [4.78, 5) is 21.1. The van der Waals surface area contributed by atoms with E-state index in [9.17, 15) is 4.79 Å². The molecule has 5 heteroatoms. The fraction of sp³-hybridized carbons (Fsp3) is 0.545. The van der Waals surface area contributed by atoms with Crippen molar-refractivity contribution in [3.63, 3.8) is 0 Å². The van der Waals surface area contributed by atoms with Crippen molar-refractivity contribution in [2.24, 2.45) is 0 Å². The minimum absolute atomic E-state index is 0.0110. The molecule has 1 N–H and O–H groups in total. The lowest BCUT2D eigenvalue weighted by atomic mass is 10.0. The number of carboxylic acid groups (broad SMARTS) is 1. The van der Waals surface area contributed by atoms with Crippen LogP contribution in [0.3, 0.4) is 0 Å². The maximum absolute atomic E-state index is 10.8. The van der Waals surface area contributed by atoms with E-state index in [1.165, 1.54) is 12.3 Å². The molecular weight excluding hydrogens is 206 g/mol. The van der Waals surface area contributed by atoms with Gasteiger partial charge in [0.05, 0.1) is 0 Å². The first-order valence-electron chi connectivity index (χ1n) is 5.35. The summed E-state index contributed by atoms with van der Waals surface area (Å²) in [5.74, 6) is -0.497. The third-order valence-electron chi connectivity index (χ3n) is 3.00. The molecule has 0 atom stereocenters. The van der Waals surface area contributed by atoms with Crippen LogP contribution in [0, 0.1) is 0 Å². The predicted molar refractivity (Wildman–Crippen MR) is 59.7 cm³/mol. The molecule has 2 rings (SSSR count). The van der Waals surface area contributed by atoms with E-state index >= 15 is 0 Å². The lowest BCUT2D eigenvalue weighted by molar-refractivity contribution is 0.0690. The average Bonchev–Trinajstić information content (AvgIpc) is 2.58. The number of hydrogen-bond donors (Lipinski definition) is 1. The van der Waals surface area contributed by atoms with E-state index in [0.717, 1.165) is 19.4 Å². The predicted octanol–water partition coefficient (Wildman–Crippen LogP) is 1.55. The van der Waals surface area contributed by atoms with Crippen molar-refractivity contribution in [2.45, 2.75) is 32.2 Å². The Morgan fingerprint density at radius 1 is 1.56 bits per heavy atom. The summed E-state index contributed by atoms with van der Waals surface area (Å²) in [6.45, 7) is 5.13. The second-order valence-corrected chi connectivity index (χ2v) is 4.61. The molecule has 1 fully saturated rings. The van der Waals surface area contributed by atoms with Crippen molar-refractivity contribution in [1.29, 1.82) is 0 Å². The quantitative estimate of drug-likeness (QED) is 0.820. The van der Waals surface area contributed by atoms with Crippen LogP contribution in [0.5, 0.6) is 0 Å². The maximum atomic E-state index is 10.8. The summed E-state index contributed by atoms with van der Waals surface area (Å²) < 4.78 is 0. The zero-order chi connectivity index (χ0) is 11.8. The van der Waals surface area contributed by atoms with Crippen LogP contribution >= 0.6 is 0 Å². The van der Waals surface area contributed by atoms with Gasteiger partial charge in [-0.1, -0.05) is 0 Å². The number of aromatic nitrogens is 2. The van der Waals surface area contributed by atoms with Crippen molar-refractivity contribution in [2.75, 3.05) is 11.4 Å². The Morgan fingerprint density at radius 3 is 2.88 bits per heavy atom. The summed E-state index contributed by atoms with van der Waals surface area (Å²) >= 11 is 0. The summed E-state index contributed by atoms with van der Waals surface area (Å²) in [5, 5.41) is 8.87. The molecule has 0 aromatic carbocycles. The molecule has 1 aliphatic heterocycles. The van der Waals surface area contributed by atoms with Crippen LogP contribution in [0.25, 0.3) is 0 Å². The van der Waals surface area contributed by atoms with Gasteiger partial charge >= 0.3 is 5.97 Å². The van der Waals surface area contributed by atoms with Gasteiger partial charge in [-0.3, -0.25) is 0 Å². The molecule has 1 aromatic rings. The van der Waals surface area contributed by atoms with Crippen LogP contribution < -0.4 is 4.90 Å². The van der Waals surface area contributed by atoms with E-state index in [1.54, 1.807) is 0 Å². The topological polar surface area (TPSA) is 66.3 Å². The largest absolute Gasteiger partial charge is 0.477 e. The molecule has 1 aromatic heterocycles. The highest BCUT2D eigenvalue weighted by Gasteiger charge is 2.33. The number of carboxylic acids is 1. The number of anilines is 1. The van der Waals surface area contributed by atoms with Gasteiger partial charge in [-0.2, -0.15) is 0 Å². The van der Waals surface area contributed by atoms with E-state index < -0.39 is 5.97 Å². The first-order chi connectivity index (χ1) is 7.50. The lowest BCUT2D eigenvalue weighted by Crippen LogP contribution is -2.39. The third kappa shape index (κ3) is 1.85. The van der Waals surface area contributed by atoms with Crippen LogP contribution in [-0.4, -0.2) is 33.1 Å². The van der Waals surface area contributed by atoms with Gasteiger partial charge in [0.25, 0.3) is 0 Å². The minimum atomic E-state index is -1.01. The molecule has 1 saturated heterocycles. The lowest BCUT2D eigenvalue weighted by Gasteiger charge is -2.31. The summed E-state index contributed by atoms with van der Waals surface area (Å²) in [7, 11) is 0. The van der Waals surface area contributed by atoms with Gasteiger partial charge in [-0.05, 0) is 32.8 Å². The molecule has 86 valence electrons. The summed E-state index contributed by atoms with van der Waals surface area (Å²) in [6, 6.07) is 1.41. The van der Waals surface area contributed by atoms with Crippen molar-refractivity contribution >= 4 is 11.9 Å². The van der Waals surface area contributed by atoms with Crippen LogP contribution in [-0.2, 0) is 0 Å². The molecule has 5 nitrogen and oxygen atoms in total. The van der Waals surface area contributed by atoms with Gasteiger partial charge in [-0.25, -0.2) is 14.8 Å². The van der Waals surface area contributed by atoms with Crippen molar-refractivity contribution in [3.8, 4) is 0 Å². The Hall–Kier alpha value is -1.65. The first-order valence-corrected chi connectivity index (χ1v) is 5.35. The van der Waals surface area contributed by atoms with E-state index in [2.05, 4.69) is 28.7 Å². The number of rotatable bonds is 2. The van der Waals surface area contributed by atoms with Crippen LogP contribution in [0.2, 0.25) is 0 Å². The van der Waals surface area contributed by atoms with Crippen LogP contribution in [0.15, 0.2) is 12.3 Å². The van der Waals surface area contributed by atoms with Crippen molar-refractivity contribution < 1.29 is 9.90 Å². The van der Waals surface area contributed by atoms with E-state index in [4.69, 9.17) is 5.11 Å². The highest BCUT2D eigenvalue weighted by Crippen LogP contribution is 2.31. The Balaban J connectivity index is 2.34. The van der Waals surface area contributed by atoms with Gasteiger partial charge in [0, 0.05) is 18.3 Å². The molecule has 0 aliphatic carbocycles. The van der Waals surface area contributed by atoms with E-state index in [1.807, 2.05) is 0 Å². The molecule has 0 saturated carbocycles. The monoisotopic (exact) mass is 221 g/mol. The second kappa shape index (κ2) is 3.73. The third-order valence-corrected chi connectivity index (χ3v) is 3.00. The molecule has 0 unspecified atom stereocenters. The van der Waals surface area contributed by atoms with Gasteiger partial charge in [0.15, 0.2) is 5.69 Å². The maximum Gasteiger partial charge on any atom is 0.354 e. The second-order valence-electron chi connectivity index (χ2n) is 4.61. The van der Waals surface area contributed by atoms with Crippen LogP contribution in [0.4, 0.5) is 5.95 Å². The van der Waals surface area contributed by atoms with Gasteiger partial charge in [0.2, 0.25) is 5.95 Å².